The van der Waals surface area contributed by atoms with E-state index < -0.39 is 0 Å². The van der Waals surface area contributed by atoms with Gasteiger partial charge >= 0.3 is 0 Å². The summed E-state index contributed by atoms with van der Waals surface area (Å²) in [4.78, 5) is 2.71. The third-order valence-electron chi connectivity index (χ3n) is 5.72. The van der Waals surface area contributed by atoms with Gasteiger partial charge in [-0.3, -0.25) is 0 Å². The van der Waals surface area contributed by atoms with E-state index in [1.54, 1.807) is 0 Å². The molecular formula is C19H30N2. The zero-order valence-corrected chi connectivity index (χ0v) is 13.6. The molecule has 0 saturated heterocycles. The quantitative estimate of drug-likeness (QED) is 0.915. The van der Waals surface area contributed by atoms with Gasteiger partial charge in [-0.2, -0.15) is 0 Å². The lowest BCUT2D eigenvalue weighted by Crippen LogP contribution is -2.50. The Morgan fingerprint density at radius 1 is 1.24 bits per heavy atom. The van der Waals surface area contributed by atoms with Gasteiger partial charge in [-0.05, 0) is 61.6 Å². The molecule has 1 saturated carbocycles. The summed E-state index contributed by atoms with van der Waals surface area (Å²) in [5.41, 5.74) is 9.13. The Kier molecular flexibility index (Phi) is 4.54. The number of nitrogens with two attached hydrogens (primary N) is 1. The van der Waals surface area contributed by atoms with Crippen LogP contribution in [0.3, 0.4) is 0 Å². The van der Waals surface area contributed by atoms with Crippen LogP contribution in [0.4, 0.5) is 5.69 Å². The van der Waals surface area contributed by atoms with E-state index >= 15 is 0 Å². The van der Waals surface area contributed by atoms with E-state index in [2.05, 4.69) is 43.0 Å². The van der Waals surface area contributed by atoms with Gasteiger partial charge in [0.05, 0.1) is 0 Å². The summed E-state index contributed by atoms with van der Waals surface area (Å²) in [6.07, 6.45) is 6.56. The molecule has 21 heavy (non-hydrogen) atoms. The van der Waals surface area contributed by atoms with Crippen LogP contribution in [0.15, 0.2) is 24.3 Å². The third-order valence-corrected chi connectivity index (χ3v) is 5.72. The van der Waals surface area contributed by atoms with Crippen molar-refractivity contribution in [2.45, 2.75) is 52.0 Å². The van der Waals surface area contributed by atoms with Crippen LogP contribution < -0.4 is 10.6 Å². The standard InChI is InChI=1S/C19H30N2/c1-3-15-8-9-17(12-20)19(11-15)21-13-14(2)10-16-6-4-5-7-18(16)21/h4-7,14-15,17,19H,3,8-13,20H2,1-2H3. The molecule has 2 aliphatic rings. The average Bonchev–Trinajstić information content (AvgIpc) is 2.53. The highest BCUT2D eigenvalue weighted by Gasteiger charge is 2.36. The van der Waals surface area contributed by atoms with Crippen molar-refractivity contribution in [3.63, 3.8) is 0 Å². The van der Waals surface area contributed by atoms with E-state index in [1.807, 2.05) is 0 Å². The van der Waals surface area contributed by atoms with Gasteiger partial charge in [-0.15, -0.1) is 0 Å². The summed E-state index contributed by atoms with van der Waals surface area (Å²) < 4.78 is 0. The minimum absolute atomic E-state index is 0.651. The van der Waals surface area contributed by atoms with Gasteiger partial charge in [0.25, 0.3) is 0 Å². The number of hydrogen-bond donors (Lipinski definition) is 1. The first-order chi connectivity index (χ1) is 10.2. The molecule has 4 unspecified atom stereocenters. The fourth-order valence-corrected chi connectivity index (χ4v) is 4.47. The van der Waals surface area contributed by atoms with Crippen LogP contribution in [0.25, 0.3) is 0 Å². The number of nitrogens with zero attached hydrogens (tertiary/aromatic N) is 1. The SMILES string of the molecule is CCC1CCC(CN)C(N2CC(C)Cc3ccccc32)C1. The molecule has 0 spiro atoms. The minimum Gasteiger partial charge on any atom is -0.368 e. The van der Waals surface area contributed by atoms with E-state index in [4.69, 9.17) is 5.73 Å². The first-order valence-corrected chi connectivity index (χ1v) is 8.77. The molecule has 2 N–H and O–H groups in total. The maximum absolute atomic E-state index is 6.12. The van der Waals surface area contributed by atoms with Crippen LogP contribution in [0, 0.1) is 17.8 Å². The van der Waals surface area contributed by atoms with E-state index in [-0.39, 0.29) is 0 Å². The van der Waals surface area contributed by atoms with Crippen LogP contribution in [0.1, 0.15) is 45.1 Å². The number of rotatable bonds is 3. The average molecular weight is 286 g/mol. The number of anilines is 1. The second-order valence-corrected chi connectivity index (χ2v) is 7.24. The van der Waals surface area contributed by atoms with Crippen molar-refractivity contribution >= 4 is 5.69 Å². The van der Waals surface area contributed by atoms with Crippen LogP contribution in [-0.2, 0) is 6.42 Å². The lowest BCUT2D eigenvalue weighted by molar-refractivity contribution is 0.221. The number of hydrogen-bond acceptors (Lipinski definition) is 2. The lowest BCUT2D eigenvalue weighted by Gasteiger charge is -2.47. The van der Waals surface area contributed by atoms with Gasteiger partial charge in [0, 0.05) is 18.3 Å². The zero-order chi connectivity index (χ0) is 14.8. The first kappa shape index (κ1) is 14.9. The van der Waals surface area contributed by atoms with Crippen LogP contribution in [0.5, 0.6) is 0 Å². The zero-order valence-electron chi connectivity index (χ0n) is 13.6. The van der Waals surface area contributed by atoms with Gasteiger partial charge in [-0.1, -0.05) is 38.5 Å². The second kappa shape index (κ2) is 6.39. The molecule has 2 nitrogen and oxygen atoms in total. The summed E-state index contributed by atoms with van der Waals surface area (Å²) in [5.74, 6) is 2.31. The molecule has 1 aromatic carbocycles. The maximum Gasteiger partial charge on any atom is 0.0401 e. The highest BCUT2D eigenvalue weighted by molar-refractivity contribution is 5.56. The molecule has 0 radical (unpaired) electrons. The van der Waals surface area contributed by atoms with Gasteiger partial charge in [0.15, 0.2) is 0 Å². The third kappa shape index (κ3) is 2.96. The van der Waals surface area contributed by atoms with Gasteiger partial charge in [-0.25, -0.2) is 0 Å². The lowest BCUT2D eigenvalue weighted by atomic mass is 9.75. The van der Waals surface area contributed by atoms with Crippen molar-refractivity contribution in [1.82, 2.24) is 0 Å². The minimum atomic E-state index is 0.651. The molecule has 1 aliphatic heterocycles. The van der Waals surface area contributed by atoms with Crippen molar-refractivity contribution in [3.05, 3.63) is 29.8 Å². The van der Waals surface area contributed by atoms with Crippen LogP contribution in [-0.4, -0.2) is 19.1 Å². The molecule has 1 heterocycles. The molecule has 1 aromatic rings. The van der Waals surface area contributed by atoms with Crippen molar-refractivity contribution in [2.24, 2.45) is 23.5 Å². The van der Waals surface area contributed by atoms with Gasteiger partial charge in [0.1, 0.15) is 0 Å². The molecule has 4 atom stereocenters. The number of fused-ring (bicyclic) bond motifs is 1. The Balaban J connectivity index is 1.90. The molecule has 0 bridgehead atoms. The molecule has 1 aliphatic carbocycles. The smallest absolute Gasteiger partial charge is 0.0401 e. The van der Waals surface area contributed by atoms with Crippen molar-refractivity contribution in [2.75, 3.05) is 18.0 Å². The number of benzene rings is 1. The molecule has 1 fully saturated rings. The predicted molar refractivity (Wildman–Crippen MR) is 90.6 cm³/mol. The highest BCUT2D eigenvalue weighted by atomic mass is 15.2. The Morgan fingerprint density at radius 3 is 2.81 bits per heavy atom. The van der Waals surface area contributed by atoms with Crippen LogP contribution in [0.2, 0.25) is 0 Å². The van der Waals surface area contributed by atoms with E-state index in [0.29, 0.717) is 12.0 Å². The van der Waals surface area contributed by atoms with E-state index in [1.165, 1.54) is 49.9 Å². The second-order valence-electron chi connectivity index (χ2n) is 7.24. The summed E-state index contributed by atoms with van der Waals surface area (Å²) >= 11 is 0. The molecule has 2 heteroatoms. The topological polar surface area (TPSA) is 29.3 Å². The van der Waals surface area contributed by atoms with Gasteiger partial charge in [0.2, 0.25) is 0 Å². The Labute approximate surface area is 129 Å². The van der Waals surface area contributed by atoms with Gasteiger partial charge < -0.3 is 10.6 Å². The van der Waals surface area contributed by atoms with Crippen molar-refractivity contribution in [3.8, 4) is 0 Å². The monoisotopic (exact) mass is 286 g/mol. The summed E-state index contributed by atoms with van der Waals surface area (Å²) in [5, 5.41) is 0. The van der Waals surface area contributed by atoms with E-state index in [9.17, 15) is 0 Å². The summed E-state index contributed by atoms with van der Waals surface area (Å²) in [6.45, 7) is 6.78. The first-order valence-electron chi connectivity index (χ1n) is 8.77. The highest BCUT2D eigenvalue weighted by Crippen LogP contribution is 2.39. The molecule has 116 valence electrons. The Bertz CT molecular complexity index is 470. The Hall–Kier alpha value is -1.02. The molecule has 0 aromatic heterocycles. The largest absolute Gasteiger partial charge is 0.368 e. The summed E-state index contributed by atoms with van der Waals surface area (Å²) in [6, 6.07) is 9.67. The Morgan fingerprint density at radius 2 is 2.05 bits per heavy atom. The number of para-hydroxylation sites is 1. The van der Waals surface area contributed by atoms with E-state index in [0.717, 1.165) is 18.4 Å². The fraction of sp³-hybridized carbons (Fsp3) is 0.684. The van der Waals surface area contributed by atoms with Crippen molar-refractivity contribution < 1.29 is 0 Å². The maximum atomic E-state index is 6.12. The normalized spacial score (nSPS) is 32.8. The van der Waals surface area contributed by atoms with Crippen LogP contribution >= 0.6 is 0 Å². The molecular weight excluding hydrogens is 256 g/mol. The molecule has 0 amide bonds. The molecule has 3 rings (SSSR count). The van der Waals surface area contributed by atoms with Crippen molar-refractivity contribution in [1.29, 1.82) is 0 Å². The summed E-state index contributed by atoms with van der Waals surface area (Å²) in [7, 11) is 0. The fourth-order valence-electron chi connectivity index (χ4n) is 4.47. The predicted octanol–water partition coefficient (Wildman–Crippen LogP) is 3.84.